The summed E-state index contributed by atoms with van der Waals surface area (Å²) in [6, 6.07) is 7.46. The molecular formula is C12H12N2O4S. The third-order valence-electron chi connectivity index (χ3n) is 2.62. The van der Waals surface area contributed by atoms with Crippen molar-refractivity contribution in [3.63, 3.8) is 0 Å². The van der Waals surface area contributed by atoms with Gasteiger partial charge >= 0.3 is 5.97 Å². The topological polar surface area (TPSA) is 89.3 Å². The summed E-state index contributed by atoms with van der Waals surface area (Å²) in [7, 11) is -3.40. The van der Waals surface area contributed by atoms with Crippen LogP contribution in [0.4, 0.5) is 0 Å². The van der Waals surface area contributed by atoms with E-state index in [1.54, 1.807) is 30.3 Å². The third kappa shape index (κ3) is 2.82. The van der Waals surface area contributed by atoms with Crippen LogP contribution in [-0.2, 0) is 14.6 Å². The number of hydrogen-bond donors (Lipinski definition) is 1. The highest BCUT2D eigenvalue weighted by Crippen LogP contribution is 2.19. The Hall–Kier alpha value is -2.15. The summed E-state index contributed by atoms with van der Waals surface area (Å²) in [5.74, 6) is -1.10. The molecule has 19 heavy (non-hydrogen) atoms. The van der Waals surface area contributed by atoms with Gasteiger partial charge in [0.1, 0.15) is 4.90 Å². The van der Waals surface area contributed by atoms with Crippen LogP contribution in [0.3, 0.4) is 0 Å². The molecule has 1 aromatic heterocycles. The fourth-order valence-corrected chi connectivity index (χ4v) is 2.24. The Labute approximate surface area is 110 Å². The van der Waals surface area contributed by atoms with Crippen LogP contribution in [0.1, 0.15) is 11.6 Å². The predicted octanol–water partition coefficient (Wildman–Crippen LogP) is 0.961. The van der Waals surface area contributed by atoms with E-state index in [1.165, 1.54) is 6.20 Å². The lowest BCUT2D eigenvalue weighted by molar-refractivity contribution is -0.139. The van der Waals surface area contributed by atoms with Gasteiger partial charge in [-0.1, -0.05) is 30.3 Å². The number of carboxylic acid groups (broad SMARTS) is 1. The Kier molecular flexibility index (Phi) is 3.39. The van der Waals surface area contributed by atoms with Crippen LogP contribution >= 0.6 is 0 Å². The highest BCUT2D eigenvalue weighted by Gasteiger charge is 2.23. The molecule has 0 bridgehead atoms. The minimum absolute atomic E-state index is 0.00492. The number of sulfone groups is 1. The maximum atomic E-state index is 11.4. The van der Waals surface area contributed by atoms with Crippen LogP contribution in [0.2, 0.25) is 0 Å². The smallest absolute Gasteiger partial charge is 0.333 e. The van der Waals surface area contributed by atoms with Gasteiger partial charge in [-0.3, -0.25) is 4.68 Å². The number of benzene rings is 1. The maximum absolute atomic E-state index is 11.4. The molecule has 2 rings (SSSR count). The third-order valence-corrected chi connectivity index (χ3v) is 3.69. The number of rotatable bonds is 4. The summed E-state index contributed by atoms with van der Waals surface area (Å²) >= 11 is 0. The van der Waals surface area contributed by atoms with Crippen molar-refractivity contribution in [1.29, 1.82) is 0 Å². The van der Waals surface area contributed by atoms with E-state index in [0.29, 0.717) is 5.56 Å². The Morgan fingerprint density at radius 1 is 1.32 bits per heavy atom. The molecule has 0 fully saturated rings. The SMILES string of the molecule is CS(=O)(=O)c1cnn(C(C(=O)O)c2ccccc2)c1. The van der Waals surface area contributed by atoms with E-state index in [9.17, 15) is 18.3 Å². The second-order valence-corrected chi connectivity index (χ2v) is 6.10. The molecule has 0 saturated heterocycles. The molecule has 1 N–H and O–H groups in total. The van der Waals surface area contributed by atoms with Crippen LogP contribution in [0, 0.1) is 0 Å². The van der Waals surface area contributed by atoms with Crippen molar-refractivity contribution >= 4 is 15.8 Å². The summed E-state index contributed by atoms with van der Waals surface area (Å²) in [6.45, 7) is 0. The standard InChI is InChI=1S/C12H12N2O4S/c1-19(17,18)10-7-13-14(8-10)11(12(15)16)9-5-3-2-4-6-9/h2-8,11H,1H3,(H,15,16). The van der Waals surface area contributed by atoms with E-state index in [2.05, 4.69) is 5.10 Å². The molecule has 6 nitrogen and oxygen atoms in total. The number of carboxylic acids is 1. The molecule has 0 saturated carbocycles. The van der Waals surface area contributed by atoms with Crippen molar-refractivity contribution < 1.29 is 18.3 Å². The first-order valence-corrected chi connectivity index (χ1v) is 7.30. The van der Waals surface area contributed by atoms with E-state index >= 15 is 0 Å². The van der Waals surface area contributed by atoms with Gasteiger partial charge in [-0.2, -0.15) is 5.10 Å². The molecule has 0 aliphatic carbocycles. The Balaban J connectivity index is 2.47. The van der Waals surface area contributed by atoms with Gasteiger partial charge in [0.15, 0.2) is 15.9 Å². The van der Waals surface area contributed by atoms with Gasteiger partial charge in [-0.15, -0.1) is 0 Å². The van der Waals surface area contributed by atoms with E-state index < -0.39 is 21.8 Å². The first-order valence-electron chi connectivity index (χ1n) is 5.41. The molecular weight excluding hydrogens is 268 g/mol. The van der Waals surface area contributed by atoms with Crippen molar-refractivity contribution in [2.45, 2.75) is 10.9 Å². The molecule has 1 aromatic carbocycles. The lowest BCUT2D eigenvalue weighted by Gasteiger charge is -2.12. The van der Waals surface area contributed by atoms with Crippen LogP contribution in [0.25, 0.3) is 0 Å². The van der Waals surface area contributed by atoms with Gasteiger partial charge in [-0.25, -0.2) is 13.2 Å². The average Bonchev–Trinajstić information content (AvgIpc) is 2.79. The van der Waals surface area contributed by atoms with Gasteiger partial charge in [0, 0.05) is 12.5 Å². The number of hydrogen-bond acceptors (Lipinski definition) is 4. The fourth-order valence-electron chi connectivity index (χ4n) is 1.70. The first-order chi connectivity index (χ1) is 8.89. The minimum Gasteiger partial charge on any atom is -0.479 e. The molecule has 2 aromatic rings. The molecule has 1 atom stereocenters. The number of carbonyl (C=O) groups is 1. The van der Waals surface area contributed by atoms with Crippen molar-refractivity contribution in [2.24, 2.45) is 0 Å². The van der Waals surface area contributed by atoms with Crippen LogP contribution in [0.15, 0.2) is 47.6 Å². The average molecular weight is 280 g/mol. The second kappa shape index (κ2) is 4.85. The van der Waals surface area contributed by atoms with Crippen LogP contribution in [0.5, 0.6) is 0 Å². The zero-order valence-corrected chi connectivity index (χ0v) is 10.9. The second-order valence-electron chi connectivity index (χ2n) is 4.08. The first kappa shape index (κ1) is 13.3. The Morgan fingerprint density at radius 3 is 2.42 bits per heavy atom. The minimum atomic E-state index is -3.40. The van der Waals surface area contributed by atoms with E-state index in [1.807, 2.05) is 0 Å². The summed E-state index contributed by atoms with van der Waals surface area (Å²) < 4.78 is 23.9. The lowest BCUT2D eigenvalue weighted by atomic mass is 10.1. The fraction of sp³-hybridized carbons (Fsp3) is 0.167. The molecule has 0 aliphatic heterocycles. The quantitative estimate of drug-likeness (QED) is 0.901. The van der Waals surface area contributed by atoms with E-state index in [0.717, 1.165) is 17.1 Å². The normalized spacial score (nSPS) is 13.1. The summed E-state index contributed by atoms with van der Waals surface area (Å²) in [5, 5.41) is 13.1. The molecule has 0 spiro atoms. The summed E-state index contributed by atoms with van der Waals surface area (Å²) in [4.78, 5) is 11.3. The number of aromatic nitrogens is 2. The Morgan fingerprint density at radius 2 is 1.95 bits per heavy atom. The monoisotopic (exact) mass is 280 g/mol. The van der Waals surface area contributed by atoms with Gasteiger partial charge in [-0.05, 0) is 5.56 Å². The van der Waals surface area contributed by atoms with Crippen molar-refractivity contribution in [2.75, 3.05) is 6.26 Å². The largest absolute Gasteiger partial charge is 0.479 e. The molecule has 100 valence electrons. The lowest BCUT2D eigenvalue weighted by Crippen LogP contribution is -2.20. The number of aliphatic carboxylic acids is 1. The van der Waals surface area contributed by atoms with Gasteiger partial charge < -0.3 is 5.11 Å². The molecule has 7 heteroatoms. The van der Waals surface area contributed by atoms with Crippen LogP contribution < -0.4 is 0 Å². The zero-order chi connectivity index (χ0) is 14.0. The molecule has 1 heterocycles. The predicted molar refractivity (Wildman–Crippen MR) is 67.6 cm³/mol. The van der Waals surface area contributed by atoms with Crippen LogP contribution in [-0.4, -0.2) is 35.5 Å². The van der Waals surface area contributed by atoms with Gasteiger partial charge in [0.05, 0.1) is 6.20 Å². The number of nitrogens with zero attached hydrogens (tertiary/aromatic N) is 2. The zero-order valence-electron chi connectivity index (χ0n) is 10.1. The summed E-state index contributed by atoms with van der Waals surface area (Å²) in [6.07, 6.45) is 3.42. The van der Waals surface area contributed by atoms with E-state index in [4.69, 9.17) is 0 Å². The molecule has 0 aliphatic rings. The van der Waals surface area contributed by atoms with Crippen molar-refractivity contribution in [3.8, 4) is 0 Å². The molecule has 0 radical (unpaired) electrons. The molecule has 0 amide bonds. The highest BCUT2D eigenvalue weighted by atomic mass is 32.2. The maximum Gasteiger partial charge on any atom is 0.333 e. The summed E-state index contributed by atoms with van der Waals surface area (Å²) in [5.41, 5.74) is 0.526. The Bertz CT molecular complexity index is 692. The van der Waals surface area contributed by atoms with Crippen molar-refractivity contribution in [3.05, 3.63) is 48.3 Å². The molecule has 1 unspecified atom stereocenters. The van der Waals surface area contributed by atoms with Crippen molar-refractivity contribution in [1.82, 2.24) is 9.78 Å². The van der Waals surface area contributed by atoms with E-state index in [-0.39, 0.29) is 4.90 Å². The van der Waals surface area contributed by atoms with Gasteiger partial charge in [0.2, 0.25) is 0 Å². The highest BCUT2D eigenvalue weighted by molar-refractivity contribution is 7.90. The van der Waals surface area contributed by atoms with Gasteiger partial charge in [0.25, 0.3) is 0 Å².